The van der Waals surface area contributed by atoms with Gasteiger partial charge in [0.25, 0.3) is 5.56 Å². The first-order valence-electron chi connectivity index (χ1n) is 11.0. The highest BCUT2D eigenvalue weighted by Crippen LogP contribution is 2.36. The Morgan fingerprint density at radius 1 is 1.26 bits per heavy atom. The monoisotopic (exact) mass is 531 g/mol. The van der Waals surface area contributed by atoms with Crippen LogP contribution in [0.5, 0.6) is 0 Å². The number of aromatic nitrogens is 4. The third kappa shape index (κ3) is 4.16. The van der Waals surface area contributed by atoms with E-state index >= 15 is 0 Å². The van der Waals surface area contributed by atoms with Gasteiger partial charge in [-0.3, -0.25) is 14.4 Å². The van der Waals surface area contributed by atoms with Crippen LogP contribution in [-0.4, -0.2) is 61.3 Å². The second kappa shape index (κ2) is 9.38. The number of thioether (sulfide) groups is 1. The lowest BCUT2D eigenvalue weighted by molar-refractivity contribution is -0.144. The number of carbonyl (C=O) groups excluding carboxylic acids is 2. The summed E-state index contributed by atoms with van der Waals surface area (Å²) in [7, 11) is 2.05. The summed E-state index contributed by atoms with van der Waals surface area (Å²) in [6, 6.07) is 6.92. The summed E-state index contributed by atoms with van der Waals surface area (Å²) >= 11 is 8.59. The zero-order valence-corrected chi connectivity index (χ0v) is 21.7. The summed E-state index contributed by atoms with van der Waals surface area (Å²) in [5.74, 6) is -0.680. The zero-order valence-electron chi connectivity index (χ0n) is 19.3. The van der Waals surface area contributed by atoms with E-state index in [0.29, 0.717) is 31.9 Å². The van der Waals surface area contributed by atoms with Crippen molar-refractivity contribution in [3.05, 3.63) is 50.1 Å². The van der Waals surface area contributed by atoms with Crippen molar-refractivity contribution in [2.24, 2.45) is 0 Å². The molecule has 0 saturated carbocycles. The Morgan fingerprint density at radius 3 is 2.69 bits per heavy atom. The van der Waals surface area contributed by atoms with Crippen LogP contribution in [0.4, 0.5) is 0 Å². The van der Waals surface area contributed by atoms with Crippen molar-refractivity contribution in [3.8, 4) is 5.69 Å². The summed E-state index contributed by atoms with van der Waals surface area (Å²) in [4.78, 5) is 42.7. The lowest BCUT2D eigenvalue weighted by Crippen LogP contribution is -2.28. The number of esters is 1. The first-order valence-corrected chi connectivity index (χ1v) is 13.1. The Kier molecular flexibility index (Phi) is 6.43. The third-order valence-corrected chi connectivity index (χ3v) is 8.53. The van der Waals surface area contributed by atoms with Gasteiger partial charge in [0.1, 0.15) is 4.83 Å². The minimum atomic E-state index is -1.09. The number of fused-ring (bicyclic) bond motifs is 5. The minimum Gasteiger partial charge on any atom is -0.465 e. The predicted octanol–water partition coefficient (Wildman–Crippen LogP) is 3.35. The predicted molar refractivity (Wildman–Crippen MR) is 136 cm³/mol. The third-order valence-electron chi connectivity index (χ3n) is 5.84. The molecular formula is C23H22ClN5O4S2. The molecule has 1 aliphatic rings. The molecule has 0 amide bonds. The largest absolute Gasteiger partial charge is 0.465 e. The van der Waals surface area contributed by atoms with Crippen LogP contribution >= 0.6 is 34.7 Å². The number of ketones is 1. The number of Topliss-reactive ketones (excluding diaryl/α,β-unsaturated/α-hetero) is 1. The fraction of sp³-hybridized carbons (Fsp3) is 0.348. The van der Waals surface area contributed by atoms with Crippen molar-refractivity contribution in [1.29, 1.82) is 0 Å². The molecule has 1 aromatic carbocycles. The lowest BCUT2D eigenvalue weighted by Gasteiger charge is -2.21. The maximum Gasteiger partial charge on any atom is 0.327 e. The maximum atomic E-state index is 13.9. The topological polar surface area (TPSA) is 98.8 Å². The minimum absolute atomic E-state index is 0.162. The molecule has 1 atom stereocenters. The fourth-order valence-corrected chi connectivity index (χ4v) is 6.71. The van der Waals surface area contributed by atoms with Gasteiger partial charge in [0.15, 0.2) is 16.2 Å². The normalized spacial score (nSPS) is 14.9. The van der Waals surface area contributed by atoms with Crippen molar-refractivity contribution in [2.75, 3.05) is 20.2 Å². The van der Waals surface area contributed by atoms with Crippen molar-refractivity contribution >= 4 is 62.4 Å². The van der Waals surface area contributed by atoms with Crippen LogP contribution in [0.2, 0.25) is 5.02 Å². The first kappa shape index (κ1) is 24.0. The number of likely N-dealkylation sites (N-methyl/N-ethyl adjacent to an activating group) is 1. The van der Waals surface area contributed by atoms with E-state index in [0.717, 1.165) is 41.7 Å². The Hall–Kier alpha value is -2.73. The fourth-order valence-electron chi connectivity index (χ4n) is 4.20. The van der Waals surface area contributed by atoms with E-state index in [2.05, 4.69) is 15.1 Å². The molecule has 5 rings (SSSR count). The second-order valence-electron chi connectivity index (χ2n) is 8.27. The van der Waals surface area contributed by atoms with Crippen LogP contribution in [-0.2, 0) is 27.3 Å². The highest BCUT2D eigenvalue weighted by molar-refractivity contribution is 8.01. The summed E-state index contributed by atoms with van der Waals surface area (Å²) in [6.07, 6.45) is 0.747. The average molecular weight is 532 g/mol. The molecule has 182 valence electrons. The van der Waals surface area contributed by atoms with Crippen LogP contribution in [0, 0.1) is 0 Å². The molecule has 4 aromatic rings. The summed E-state index contributed by atoms with van der Waals surface area (Å²) in [5, 5.41) is 9.03. The molecule has 0 fully saturated rings. The molecule has 9 nitrogen and oxygen atoms in total. The van der Waals surface area contributed by atoms with Crippen molar-refractivity contribution < 1.29 is 14.3 Å². The second-order valence-corrected chi connectivity index (χ2v) is 10.9. The molecule has 0 aliphatic carbocycles. The van der Waals surface area contributed by atoms with E-state index in [9.17, 15) is 14.4 Å². The Balaban J connectivity index is 1.80. The van der Waals surface area contributed by atoms with Crippen LogP contribution in [0.3, 0.4) is 0 Å². The van der Waals surface area contributed by atoms with Gasteiger partial charge < -0.3 is 9.64 Å². The van der Waals surface area contributed by atoms with E-state index in [1.165, 1.54) is 22.8 Å². The maximum absolute atomic E-state index is 13.9. The van der Waals surface area contributed by atoms with Gasteiger partial charge >= 0.3 is 5.97 Å². The summed E-state index contributed by atoms with van der Waals surface area (Å²) < 4.78 is 8.39. The highest BCUT2D eigenvalue weighted by Gasteiger charge is 2.31. The number of hydrogen-bond donors (Lipinski definition) is 0. The molecule has 1 unspecified atom stereocenters. The van der Waals surface area contributed by atoms with E-state index in [1.54, 1.807) is 35.6 Å². The van der Waals surface area contributed by atoms with Gasteiger partial charge in [-0.25, -0.2) is 8.97 Å². The van der Waals surface area contributed by atoms with Crippen LogP contribution in [0.15, 0.2) is 34.2 Å². The molecule has 0 radical (unpaired) electrons. The van der Waals surface area contributed by atoms with E-state index in [1.807, 2.05) is 7.05 Å². The summed E-state index contributed by atoms with van der Waals surface area (Å²) in [5.41, 5.74) is 1.43. The van der Waals surface area contributed by atoms with Crippen LogP contribution in [0.25, 0.3) is 21.7 Å². The molecule has 1 aliphatic heterocycles. The Bertz CT molecular complexity index is 1530. The standard InChI is InChI=1S/C23H22ClN5O4S2/c1-4-33-21(32)18(12(2)30)35-23-26-25-22-28(14-7-5-13(24)6-8-14)19(31)17-15-9-10-27(3)11-16(15)34-20(17)29(22)23/h5-8,18H,4,9-11H2,1-3H3. The Labute approximate surface area is 213 Å². The molecule has 35 heavy (non-hydrogen) atoms. The van der Waals surface area contributed by atoms with Gasteiger partial charge in [-0.1, -0.05) is 23.4 Å². The van der Waals surface area contributed by atoms with Gasteiger partial charge in [-0.05, 0) is 57.1 Å². The van der Waals surface area contributed by atoms with E-state index < -0.39 is 11.2 Å². The number of carbonyl (C=O) groups is 2. The van der Waals surface area contributed by atoms with Gasteiger partial charge in [0, 0.05) is 23.0 Å². The molecule has 12 heteroatoms. The number of nitrogens with zero attached hydrogens (tertiary/aromatic N) is 5. The molecule has 0 N–H and O–H groups in total. The average Bonchev–Trinajstić information content (AvgIpc) is 3.39. The molecule has 3 aromatic heterocycles. The van der Waals surface area contributed by atoms with Crippen molar-refractivity contribution in [1.82, 2.24) is 24.1 Å². The van der Waals surface area contributed by atoms with Crippen molar-refractivity contribution in [2.45, 2.75) is 37.2 Å². The Morgan fingerprint density at radius 2 is 2.00 bits per heavy atom. The number of ether oxygens (including phenoxy) is 1. The van der Waals surface area contributed by atoms with E-state index in [4.69, 9.17) is 16.3 Å². The number of hydrogen-bond acceptors (Lipinski definition) is 9. The van der Waals surface area contributed by atoms with E-state index in [-0.39, 0.29) is 17.9 Å². The summed E-state index contributed by atoms with van der Waals surface area (Å²) in [6.45, 7) is 4.77. The van der Waals surface area contributed by atoms with Gasteiger partial charge in [0.2, 0.25) is 5.78 Å². The molecule has 0 spiro atoms. The zero-order chi connectivity index (χ0) is 24.9. The molecule has 4 heterocycles. The van der Waals surface area contributed by atoms with Crippen LogP contribution in [0.1, 0.15) is 24.3 Å². The molecular weight excluding hydrogens is 510 g/mol. The number of rotatable bonds is 6. The number of thiophene rings is 1. The highest BCUT2D eigenvalue weighted by atomic mass is 35.5. The first-order chi connectivity index (χ1) is 16.8. The number of benzene rings is 1. The SMILES string of the molecule is CCOC(=O)C(Sc1nnc2n(-c3ccc(Cl)cc3)c(=O)c3c4c(sc3n12)CN(C)CC4)C(C)=O. The smallest absolute Gasteiger partial charge is 0.327 e. The van der Waals surface area contributed by atoms with Gasteiger partial charge in [0.05, 0.1) is 17.7 Å². The van der Waals surface area contributed by atoms with Crippen LogP contribution < -0.4 is 5.56 Å². The van der Waals surface area contributed by atoms with Crippen molar-refractivity contribution in [3.63, 3.8) is 0 Å². The number of halogens is 1. The quantitative estimate of drug-likeness (QED) is 0.212. The molecule has 0 saturated heterocycles. The van der Waals surface area contributed by atoms with Gasteiger partial charge in [-0.15, -0.1) is 21.5 Å². The molecule has 0 bridgehead atoms. The lowest BCUT2D eigenvalue weighted by atomic mass is 10.1. The van der Waals surface area contributed by atoms with Gasteiger partial charge in [-0.2, -0.15) is 0 Å².